The van der Waals surface area contributed by atoms with Crippen molar-refractivity contribution in [3.8, 4) is 0 Å². The van der Waals surface area contributed by atoms with E-state index < -0.39 is 12.1 Å². The number of methoxy groups -OCH3 is 1. The van der Waals surface area contributed by atoms with E-state index in [1.165, 1.54) is 7.11 Å². The van der Waals surface area contributed by atoms with E-state index in [4.69, 9.17) is 0 Å². The van der Waals surface area contributed by atoms with Gasteiger partial charge in [0.15, 0.2) is 6.10 Å². The molecular weight excluding hydrogens is 228 g/mol. The minimum atomic E-state index is -1.14. The number of hydrogen-bond acceptors (Lipinski definition) is 3. The number of fused-ring (bicyclic) bond motifs is 1. The number of hydrogen-bond donors (Lipinski definition) is 1. The Morgan fingerprint density at radius 3 is 2.56 bits per heavy atom. The molecule has 0 heterocycles. The first-order chi connectivity index (χ1) is 8.65. The molecule has 2 atom stereocenters. The van der Waals surface area contributed by atoms with Crippen molar-refractivity contribution in [2.45, 2.75) is 18.9 Å². The molecular formula is C15H16O3. The molecule has 0 bridgehead atoms. The zero-order valence-electron chi connectivity index (χ0n) is 10.5. The molecule has 3 nitrogen and oxygen atoms in total. The lowest BCUT2D eigenvalue weighted by atomic mass is 9.91. The van der Waals surface area contributed by atoms with E-state index in [-0.39, 0.29) is 5.92 Å². The van der Waals surface area contributed by atoms with Crippen LogP contribution in [0.4, 0.5) is 0 Å². The van der Waals surface area contributed by atoms with Gasteiger partial charge in [0.1, 0.15) is 0 Å². The molecule has 2 unspecified atom stereocenters. The molecule has 0 fully saturated rings. The van der Waals surface area contributed by atoms with Crippen molar-refractivity contribution in [3.05, 3.63) is 48.0 Å². The Bertz CT molecular complexity index is 557. The van der Waals surface area contributed by atoms with Crippen LogP contribution in [0.15, 0.2) is 42.5 Å². The lowest BCUT2D eigenvalue weighted by Crippen LogP contribution is -2.27. The van der Waals surface area contributed by atoms with Crippen LogP contribution < -0.4 is 0 Å². The second-order valence-electron chi connectivity index (χ2n) is 4.33. The summed E-state index contributed by atoms with van der Waals surface area (Å²) in [5, 5.41) is 12.1. The summed E-state index contributed by atoms with van der Waals surface area (Å²) in [5.41, 5.74) is 0.950. The lowest BCUT2D eigenvalue weighted by molar-refractivity contribution is -0.151. The second-order valence-corrected chi connectivity index (χ2v) is 4.33. The van der Waals surface area contributed by atoms with E-state index in [1.54, 1.807) is 0 Å². The molecule has 0 spiro atoms. The molecule has 2 aromatic rings. The van der Waals surface area contributed by atoms with Crippen molar-refractivity contribution in [2.24, 2.45) is 0 Å². The highest BCUT2D eigenvalue weighted by atomic mass is 16.5. The van der Waals surface area contributed by atoms with Crippen LogP contribution in [0.25, 0.3) is 10.8 Å². The summed E-state index contributed by atoms with van der Waals surface area (Å²) in [7, 11) is 1.28. The van der Waals surface area contributed by atoms with Gasteiger partial charge in [0, 0.05) is 5.92 Å². The van der Waals surface area contributed by atoms with Crippen LogP contribution in [-0.4, -0.2) is 24.3 Å². The van der Waals surface area contributed by atoms with E-state index in [9.17, 15) is 9.90 Å². The largest absolute Gasteiger partial charge is 0.467 e. The summed E-state index contributed by atoms with van der Waals surface area (Å²) in [5.74, 6) is -0.904. The maximum atomic E-state index is 11.4. The Balaban J connectivity index is 2.44. The van der Waals surface area contributed by atoms with E-state index in [2.05, 4.69) is 4.74 Å². The Morgan fingerprint density at radius 2 is 1.83 bits per heavy atom. The minimum absolute atomic E-state index is 0.302. The highest BCUT2D eigenvalue weighted by Gasteiger charge is 2.25. The maximum Gasteiger partial charge on any atom is 0.335 e. The fourth-order valence-corrected chi connectivity index (χ4v) is 2.14. The molecule has 2 aromatic carbocycles. The monoisotopic (exact) mass is 244 g/mol. The topological polar surface area (TPSA) is 46.5 Å². The van der Waals surface area contributed by atoms with Crippen molar-refractivity contribution in [3.63, 3.8) is 0 Å². The number of rotatable bonds is 3. The SMILES string of the molecule is COC(=O)C(O)C(C)c1cccc2ccccc12. The third-order valence-corrected chi connectivity index (χ3v) is 3.23. The van der Waals surface area contributed by atoms with Crippen LogP contribution in [-0.2, 0) is 9.53 Å². The number of benzene rings is 2. The molecule has 0 saturated carbocycles. The summed E-state index contributed by atoms with van der Waals surface area (Å²) < 4.78 is 4.58. The summed E-state index contributed by atoms with van der Waals surface area (Å²) in [6.07, 6.45) is -1.14. The first-order valence-electron chi connectivity index (χ1n) is 5.88. The molecule has 18 heavy (non-hydrogen) atoms. The Morgan fingerprint density at radius 1 is 1.17 bits per heavy atom. The molecule has 0 radical (unpaired) electrons. The fourth-order valence-electron chi connectivity index (χ4n) is 2.14. The smallest absolute Gasteiger partial charge is 0.335 e. The van der Waals surface area contributed by atoms with Crippen molar-refractivity contribution in [2.75, 3.05) is 7.11 Å². The average Bonchev–Trinajstić information content (AvgIpc) is 2.44. The van der Waals surface area contributed by atoms with Gasteiger partial charge in [-0.3, -0.25) is 0 Å². The van der Waals surface area contributed by atoms with E-state index in [0.717, 1.165) is 16.3 Å². The molecule has 2 rings (SSSR count). The first-order valence-corrected chi connectivity index (χ1v) is 5.88. The molecule has 0 aliphatic heterocycles. The Labute approximate surface area is 106 Å². The third-order valence-electron chi connectivity index (χ3n) is 3.23. The van der Waals surface area contributed by atoms with Crippen molar-refractivity contribution in [1.82, 2.24) is 0 Å². The third kappa shape index (κ3) is 2.22. The standard InChI is InChI=1S/C15H16O3/c1-10(14(16)15(17)18-2)12-9-5-7-11-6-3-4-8-13(11)12/h3-10,14,16H,1-2H3. The molecule has 1 N–H and O–H groups in total. The zero-order chi connectivity index (χ0) is 13.1. The van der Waals surface area contributed by atoms with E-state index in [0.29, 0.717) is 0 Å². The summed E-state index contributed by atoms with van der Waals surface area (Å²) in [6.45, 7) is 1.82. The lowest BCUT2D eigenvalue weighted by Gasteiger charge is -2.18. The van der Waals surface area contributed by atoms with Gasteiger partial charge in [-0.05, 0) is 16.3 Å². The van der Waals surface area contributed by atoms with E-state index in [1.807, 2.05) is 49.4 Å². The van der Waals surface area contributed by atoms with Gasteiger partial charge in [-0.2, -0.15) is 0 Å². The fraction of sp³-hybridized carbons (Fsp3) is 0.267. The van der Waals surface area contributed by atoms with E-state index >= 15 is 0 Å². The second kappa shape index (κ2) is 5.19. The van der Waals surface area contributed by atoms with Gasteiger partial charge < -0.3 is 9.84 Å². The summed E-state index contributed by atoms with van der Waals surface area (Å²) >= 11 is 0. The van der Waals surface area contributed by atoms with Gasteiger partial charge in [0.2, 0.25) is 0 Å². The predicted octanol–water partition coefficient (Wildman–Crippen LogP) is 2.48. The predicted molar refractivity (Wildman–Crippen MR) is 70.4 cm³/mol. The molecule has 0 aromatic heterocycles. The van der Waals surface area contributed by atoms with Crippen molar-refractivity contribution in [1.29, 1.82) is 0 Å². The van der Waals surface area contributed by atoms with Crippen LogP contribution in [0.1, 0.15) is 18.4 Å². The van der Waals surface area contributed by atoms with Crippen molar-refractivity contribution < 1.29 is 14.6 Å². The van der Waals surface area contributed by atoms with Gasteiger partial charge in [0.05, 0.1) is 7.11 Å². The van der Waals surface area contributed by atoms with Gasteiger partial charge in [-0.15, -0.1) is 0 Å². The minimum Gasteiger partial charge on any atom is -0.467 e. The normalized spacial score (nSPS) is 14.2. The quantitative estimate of drug-likeness (QED) is 0.844. The Hall–Kier alpha value is -1.87. The molecule has 0 aliphatic rings. The van der Waals surface area contributed by atoms with Gasteiger partial charge in [-0.25, -0.2) is 4.79 Å². The zero-order valence-corrected chi connectivity index (χ0v) is 10.5. The van der Waals surface area contributed by atoms with Crippen LogP contribution in [0, 0.1) is 0 Å². The first kappa shape index (κ1) is 12.6. The molecule has 0 saturated heterocycles. The van der Waals surface area contributed by atoms with Crippen LogP contribution in [0.5, 0.6) is 0 Å². The van der Waals surface area contributed by atoms with Gasteiger partial charge >= 0.3 is 5.97 Å². The Kier molecular flexibility index (Phi) is 3.63. The highest BCUT2D eigenvalue weighted by Crippen LogP contribution is 2.28. The van der Waals surface area contributed by atoms with Gasteiger partial charge in [-0.1, -0.05) is 49.4 Å². The molecule has 0 amide bonds. The number of ether oxygens (including phenoxy) is 1. The number of aliphatic hydroxyl groups excluding tert-OH is 1. The number of aliphatic hydroxyl groups is 1. The maximum absolute atomic E-state index is 11.4. The van der Waals surface area contributed by atoms with Crippen LogP contribution in [0.2, 0.25) is 0 Å². The number of carbonyl (C=O) groups excluding carboxylic acids is 1. The number of esters is 1. The summed E-state index contributed by atoms with van der Waals surface area (Å²) in [4.78, 5) is 11.4. The highest BCUT2D eigenvalue weighted by molar-refractivity contribution is 5.87. The molecule has 94 valence electrons. The molecule has 0 aliphatic carbocycles. The molecule has 3 heteroatoms. The summed E-state index contributed by atoms with van der Waals surface area (Å²) in [6, 6.07) is 13.8. The van der Waals surface area contributed by atoms with Crippen LogP contribution in [0.3, 0.4) is 0 Å². The van der Waals surface area contributed by atoms with Gasteiger partial charge in [0.25, 0.3) is 0 Å². The van der Waals surface area contributed by atoms with Crippen LogP contribution >= 0.6 is 0 Å². The van der Waals surface area contributed by atoms with Crippen molar-refractivity contribution >= 4 is 16.7 Å². The number of carbonyl (C=O) groups is 1. The average molecular weight is 244 g/mol.